The van der Waals surface area contributed by atoms with Crippen LogP contribution in [0.4, 0.5) is 0 Å². The number of benzene rings is 1. The van der Waals surface area contributed by atoms with Crippen LogP contribution in [0.5, 0.6) is 0 Å². The second kappa shape index (κ2) is 8.29. The lowest BCUT2D eigenvalue weighted by Gasteiger charge is -2.28. The van der Waals surface area contributed by atoms with Crippen molar-refractivity contribution in [3.8, 4) is 11.3 Å². The van der Waals surface area contributed by atoms with Crippen molar-refractivity contribution in [3.05, 3.63) is 54.2 Å². The van der Waals surface area contributed by atoms with E-state index >= 15 is 0 Å². The summed E-state index contributed by atoms with van der Waals surface area (Å²) in [4.78, 5) is 4.20. The summed E-state index contributed by atoms with van der Waals surface area (Å²) in [6.45, 7) is -0.778. The summed E-state index contributed by atoms with van der Waals surface area (Å²) in [6.07, 6.45) is -6.77. The van der Waals surface area contributed by atoms with Crippen LogP contribution >= 0.6 is 0 Å². The highest BCUT2D eigenvalue weighted by Gasteiger charge is 2.34. The Morgan fingerprint density at radius 2 is 1.46 bits per heavy atom. The summed E-state index contributed by atoms with van der Waals surface area (Å²) >= 11 is 0. The number of aliphatic hydroxyl groups excluding tert-OH is 6. The Bertz CT molecular complexity index is 621. The van der Waals surface area contributed by atoms with Crippen molar-refractivity contribution in [1.82, 2.24) is 4.98 Å². The van der Waals surface area contributed by atoms with Gasteiger partial charge in [0.1, 0.15) is 30.5 Å². The standard InChI is InChI=1S/C17H21NO6/c19-9-13(20)15(22)17(24)16(23)14(21)11-6-4-10(5-7-11)12-3-1-2-8-18-12/h1-8,13-17,19-24H,9H2/t13-,14?,15+,16-,17-/m0/s1. The summed E-state index contributed by atoms with van der Waals surface area (Å²) in [5.74, 6) is 0. The van der Waals surface area contributed by atoms with Gasteiger partial charge >= 0.3 is 0 Å². The molecule has 2 rings (SSSR count). The molecule has 0 spiro atoms. The summed E-state index contributed by atoms with van der Waals surface area (Å²) in [5.41, 5.74) is 1.89. The van der Waals surface area contributed by atoms with E-state index in [2.05, 4.69) is 4.98 Å². The molecule has 6 N–H and O–H groups in total. The second-order valence-corrected chi connectivity index (χ2v) is 5.50. The molecule has 5 atom stereocenters. The third-order valence-electron chi connectivity index (χ3n) is 3.82. The van der Waals surface area contributed by atoms with Crippen LogP contribution in [0, 0.1) is 0 Å². The van der Waals surface area contributed by atoms with Crippen LogP contribution in [0.3, 0.4) is 0 Å². The van der Waals surface area contributed by atoms with Crippen LogP contribution in [0.25, 0.3) is 11.3 Å². The summed E-state index contributed by atoms with van der Waals surface area (Å²) in [5, 5.41) is 57.6. The van der Waals surface area contributed by atoms with E-state index in [-0.39, 0.29) is 0 Å². The molecular weight excluding hydrogens is 314 g/mol. The van der Waals surface area contributed by atoms with Crippen LogP contribution < -0.4 is 0 Å². The lowest BCUT2D eigenvalue weighted by atomic mass is 9.94. The number of aliphatic hydroxyl groups is 6. The van der Waals surface area contributed by atoms with Crippen molar-refractivity contribution in [2.45, 2.75) is 30.5 Å². The van der Waals surface area contributed by atoms with E-state index in [4.69, 9.17) is 5.11 Å². The Morgan fingerprint density at radius 3 is 2.00 bits per heavy atom. The first-order valence-corrected chi connectivity index (χ1v) is 7.48. The zero-order chi connectivity index (χ0) is 17.7. The van der Waals surface area contributed by atoms with Gasteiger partial charge in [-0.05, 0) is 17.7 Å². The van der Waals surface area contributed by atoms with Gasteiger partial charge < -0.3 is 30.6 Å². The lowest BCUT2D eigenvalue weighted by Crippen LogP contribution is -2.47. The third-order valence-corrected chi connectivity index (χ3v) is 3.82. The van der Waals surface area contributed by atoms with E-state index in [0.717, 1.165) is 11.3 Å². The van der Waals surface area contributed by atoms with Crippen molar-refractivity contribution in [1.29, 1.82) is 0 Å². The van der Waals surface area contributed by atoms with Crippen LogP contribution in [-0.4, -0.2) is 66.6 Å². The molecule has 1 unspecified atom stereocenters. The zero-order valence-electron chi connectivity index (χ0n) is 12.8. The molecule has 0 aliphatic rings. The molecule has 0 radical (unpaired) electrons. The molecule has 0 saturated heterocycles. The lowest BCUT2D eigenvalue weighted by molar-refractivity contribution is -0.141. The summed E-state index contributed by atoms with van der Waals surface area (Å²) in [6, 6.07) is 12.0. The first-order valence-electron chi connectivity index (χ1n) is 7.48. The predicted octanol–water partition coefficient (Wildman–Crippen LogP) is -0.782. The molecule has 2 aromatic rings. The first kappa shape index (κ1) is 18.5. The number of pyridine rings is 1. The van der Waals surface area contributed by atoms with Gasteiger partial charge in [0.2, 0.25) is 0 Å². The monoisotopic (exact) mass is 335 g/mol. The molecular formula is C17H21NO6. The Hall–Kier alpha value is -1.87. The maximum Gasteiger partial charge on any atom is 0.113 e. The van der Waals surface area contributed by atoms with E-state index in [0.29, 0.717) is 5.56 Å². The SMILES string of the molecule is OC[C@H](O)[C@@H](O)[C@H](O)[C@@H](O)C(O)c1ccc(-c2ccccn2)cc1. The fourth-order valence-corrected chi connectivity index (χ4v) is 2.31. The zero-order valence-corrected chi connectivity index (χ0v) is 12.8. The van der Waals surface area contributed by atoms with Gasteiger partial charge in [-0.3, -0.25) is 4.98 Å². The van der Waals surface area contributed by atoms with E-state index in [9.17, 15) is 25.5 Å². The van der Waals surface area contributed by atoms with Gasteiger partial charge in [0.15, 0.2) is 0 Å². The van der Waals surface area contributed by atoms with Gasteiger partial charge in [-0.1, -0.05) is 30.3 Å². The van der Waals surface area contributed by atoms with E-state index in [1.54, 1.807) is 36.5 Å². The van der Waals surface area contributed by atoms with Crippen LogP contribution in [0.1, 0.15) is 11.7 Å². The van der Waals surface area contributed by atoms with Gasteiger partial charge in [-0.25, -0.2) is 0 Å². The highest BCUT2D eigenvalue weighted by atomic mass is 16.4. The Labute approximate surface area is 139 Å². The largest absolute Gasteiger partial charge is 0.394 e. The van der Waals surface area contributed by atoms with Gasteiger partial charge in [-0.15, -0.1) is 0 Å². The quantitative estimate of drug-likeness (QED) is 0.391. The highest BCUT2D eigenvalue weighted by Crippen LogP contribution is 2.24. The molecule has 1 heterocycles. The third kappa shape index (κ3) is 4.15. The molecule has 0 aliphatic carbocycles. The first-order chi connectivity index (χ1) is 11.5. The molecule has 0 fully saturated rings. The van der Waals surface area contributed by atoms with Crippen LogP contribution in [0.15, 0.2) is 48.7 Å². The number of aromatic nitrogens is 1. The number of hydrogen-bond acceptors (Lipinski definition) is 7. The molecule has 0 saturated carbocycles. The fraction of sp³-hybridized carbons (Fsp3) is 0.353. The molecule has 0 bridgehead atoms. The van der Waals surface area contributed by atoms with E-state index in [1.807, 2.05) is 12.1 Å². The van der Waals surface area contributed by atoms with Crippen molar-refractivity contribution in [2.24, 2.45) is 0 Å². The van der Waals surface area contributed by atoms with Gasteiger partial charge in [0.05, 0.1) is 12.3 Å². The molecule has 7 heteroatoms. The van der Waals surface area contributed by atoms with E-state index < -0.39 is 37.1 Å². The number of hydrogen-bond donors (Lipinski definition) is 6. The maximum absolute atomic E-state index is 10.1. The van der Waals surface area contributed by atoms with Crippen molar-refractivity contribution in [2.75, 3.05) is 6.61 Å². The smallest absolute Gasteiger partial charge is 0.113 e. The molecule has 1 aromatic heterocycles. The average molecular weight is 335 g/mol. The fourth-order valence-electron chi connectivity index (χ4n) is 2.31. The van der Waals surface area contributed by atoms with E-state index in [1.165, 1.54) is 0 Å². The molecule has 24 heavy (non-hydrogen) atoms. The van der Waals surface area contributed by atoms with Crippen LogP contribution in [-0.2, 0) is 0 Å². The van der Waals surface area contributed by atoms with Crippen LogP contribution in [0.2, 0.25) is 0 Å². The minimum absolute atomic E-state index is 0.326. The maximum atomic E-state index is 10.1. The van der Waals surface area contributed by atoms with Gasteiger partial charge in [0.25, 0.3) is 0 Å². The average Bonchev–Trinajstić information content (AvgIpc) is 2.65. The molecule has 130 valence electrons. The van der Waals surface area contributed by atoms with Gasteiger partial charge in [0, 0.05) is 11.8 Å². The number of rotatable bonds is 7. The Balaban J connectivity index is 2.10. The molecule has 0 aliphatic heterocycles. The Kier molecular flexibility index (Phi) is 6.38. The molecule has 1 aromatic carbocycles. The van der Waals surface area contributed by atoms with Crippen molar-refractivity contribution < 1.29 is 30.6 Å². The summed E-state index contributed by atoms with van der Waals surface area (Å²) < 4.78 is 0. The topological polar surface area (TPSA) is 134 Å². The minimum atomic E-state index is -1.82. The summed E-state index contributed by atoms with van der Waals surface area (Å²) in [7, 11) is 0. The van der Waals surface area contributed by atoms with Gasteiger partial charge in [-0.2, -0.15) is 0 Å². The second-order valence-electron chi connectivity index (χ2n) is 5.50. The van der Waals surface area contributed by atoms with Crippen molar-refractivity contribution in [3.63, 3.8) is 0 Å². The normalized spacial score (nSPS) is 17.8. The molecule has 0 amide bonds. The molecule has 7 nitrogen and oxygen atoms in total. The highest BCUT2D eigenvalue weighted by molar-refractivity contribution is 5.59. The number of nitrogens with zero attached hydrogens (tertiary/aromatic N) is 1. The predicted molar refractivity (Wildman–Crippen MR) is 85.7 cm³/mol. The minimum Gasteiger partial charge on any atom is -0.394 e. The van der Waals surface area contributed by atoms with Crippen molar-refractivity contribution >= 4 is 0 Å². The Morgan fingerprint density at radius 1 is 0.792 bits per heavy atom.